The van der Waals surface area contributed by atoms with E-state index >= 15 is 0 Å². The summed E-state index contributed by atoms with van der Waals surface area (Å²) in [5.74, 6) is -0.161. The number of amides is 1. The van der Waals surface area contributed by atoms with Crippen molar-refractivity contribution in [1.82, 2.24) is 14.7 Å². The lowest BCUT2D eigenvalue weighted by Gasteiger charge is -2.36. The maximum Gasteiger partial charge on any atom is 0.275 e. The van der Waals surface area contributed by atoms with Crippen molar-refractivity contribution < 1.29 is 4.79 Å². The fourth-order valence-corrected chi connectivity index (χ4v) is 3.52. The van der Waals surface area contributed by atoms with Crippen LogP contribution in [0.15, 0.2) is 53.3 Å². The minimum absolute atomic E-state index is 0.161. The quantitative estimate of drug-likeness (QED) is 0.684. The van der Waals surface area contributed by atoms with Crippen molar-refractivity contribution in [2.45, 2.75) is 0 Å². The van der Waals surface area contributed by atoms with Gasteiger partial charge in [-0.25, -0.2) is 4.68 Å². The number of benzene rings is 2. The molecule has 140 valence electrons. The standard InChI is InChI=1S/C21H19N5O2/c1-24-20(27)18-5-3-2-4-17(18)19(23-24)21(28)26-12-10-25(11-13-26)16-8-6-15(14-22)7-9-16/h2-9H,10-13H2,1H3. The Morgan fingerprint density at radius 3 is 2.29 bits per heavy atom. The third kappa shape index (κ3) is 3.09. The van der Waals surface area contributed by atoms with Gasteiger partial charge in [-0.2, -0.15) is 10.4 Å². The summed E-state index contributed by atoms with van der Waals surface area (Å²) in [6.07, 6.45) is 0. The molecule has 4 rings (SSSR count). The van der Waals surface area contributed by atoms with Crippen LogP contribution in [0.5, 0.6) is 0 Å². The molecule has 28 heavy (non-hydrogen) atoms. The number of nitrogens with zero attached hydrogens (tertiary/aromatic N) is 5. The Bertz CT molecular complexity index is 1140. The summed E-state index contributed by atoms with van der Waals surface area (Å²) >= 11 is 0. The van der Waals surface area contributed by atoms with E-state index in [0.29, 0.717) is 48.2 Å². The third-order valence-corrected chi connectivity index (χ3v) is 5.09. The van der Waals surface area contributed by atoms with Crippen LogP contribution in [0, 0.1) is 11.3 Å². The molecule has 2 heterocycles. The highest BCUT2D eigenvalue weighted by Gasteiger charge is 2.25. The molecule has 1 fully saturated rings. The van der Waals surface area contributed by atoms with E-state index in [4.69, 9.17) is 5.26 Å². The average molecular weight is 373 g/mol. The molecular formula is C21H19N5O2. The van der Waals surface area contributed by atoms with Gasteiger partial charge in [0.25, 0.3) is 11.5 Å². The zero-order valence-corrected chi connectivity index (χ0v) is 15.5. The van der Waals surface area contributed by atoms with Crippen LogP contribution in [0.25, 0.3) is 10.8 Å². The van der Waals surface area contributed by atoms with Crippen LogP contribution in [-0.2, 0) is 7.05 Å². The normalized spacial score (nSPS) is 14.1. The van der Waals surface area contributed by atoms with Crippen molar-refractivity contribution in [2.24, 2.45) is 7.05 Å². The number of fused-ring (bicyclic) bond motifs is 1. The van der Waals surface area contributed by atoms with Crippen LogP contribution >= 0.6 is 0 Å². The van der Waals surface area contributed by atoms with Gasteiger partial charge in [-0.1, -0.05) is 18.2 Å². The third-order valence-electron chi connectivity index (χ3n) is 5.09. The lowest BCUT2D eigenvalue weighted by molar-refractivity contribution is 0.0740. The number of piperazine rings is 1. The van der Waals surface area contributed by atoms with Gasteiger partial charge in [-0.05, 0) is 30.3 Å². The molecule has 0 unspecified atom stereocenters. The number of rotatable bonds is 2. The Morgan fingerprint density at radius 2 is 1.64 bits per heavy atom. The molecule has 3 aromatic rings. The lowest BCUT2D eigenvalue weighted by atomic mass is 10.1. The average Bonchev–Trinajstić information content (AvgIpc) is 2.76. The van der Waals surface area contributed by atoms with Crippen LogP contribution in [0.3, 0.4) is 0 Å². The van der Waals surface area contributed by atoms with Crippen LogP contribution in [0.1, 0.15) is 16.1 Å². The van der Waals surface area contributed by atoms with Crippen molar-refractivity contribution in [3.05, 3.63) is 70.1 Å². The van der Waals surface area contributed by atoms with E-state index in [9.17, 15) is 9.59 Å². The largest absolute Gasteiger partial charge is 0.368 e. The molecule has 0 radical (unpaired) electrons. The first-order valence-electron chi connectivity index (χ1n) is 9.09. The van der Waals surface area contributed by atoms with Gasteiger partial charge in [0.05, 0.1) is 17.0 Å². The van der Waals surface area contributed by atoms with Gasteiger partial charge < -0.3 is 9.80 Å². The molecule has 0 spiro atoms. The smallest absolute Gasteiger partial charge is 0.275 e. The second-order valence-corrected chi connectivity index (χ2v) is 6.76. The number of aryl methyl sites for hydroxylation is 1. The van der Waals surface area contributed by atoms with E-state index in [1.54, 1.807) is 42.3 Å². The first-order valence-corrected chi connectivity index (χ1v) is 9.09. The molecule has 1 aromatic heterocycles. The summed E-state index contributed by atoms with van der Waals surface area (Å²) in [5.41, 5.74) is 1.77. The summed E-state index contributed by atoms with van der Waals surface area (Å²) in [6.45, 7) is 2.53. The molecular weight excluding hydrogens is 354 g/mol. The number of carbonyl (C=O) groups excluding carboxylic acids is 1. The van der Waals surface area contributed by atoms with Crippen molar-refractivity contribution in [3.8, 4) is 6.07 Å². The lowest BCUT2D eigenvalue weighted by Crippen LogP contribution is -2.49. The van der Waals surface area contributed by atoms with Crippen LogP contribution in [0.2, 0.25) is 0 Å². The van der Waals surface area contributed by atoms with Gasteiger partial charge in [0.1, 0.15) is 0 Å². The minimum Gasteiger partial charge on any atom is -0.368 e. The minimum atomic E-state index is -0.210. The van der Waals surface area contributed by atoms with Gasteiger partial charge in [0.15, 0.2) is 5.69 Å². The molecule has 1 aliphatic heterocycles. The number of carbonyl (C=O) groups is 1. The number of aromatic nitrogens is 2. The predicted molar refractivity (Wildman–Crippen MR) is 106 cm³/mol. The summed E-state index contributed by atoms with van der Waals surface area (Å²) in [4.78, 5) is 29.3. The molecule has 0 aliphatic carbocycles. The van der Waals surface area contributed by atoms with Gasteiger partial charge in [-0.3, -0.25) is 9.59 Å². The van der Waals surface area contributed by atoms with E-state index in [1.165, 1.54) is 4.68 Å². The first-order chi connectivity index (χ1) is 13.6. The summed E-state index contributed by atoms with van der Waals surface area (Å²) < 4.78 is 1.22. The van der Waals surface area contributed by atoms with Crippen molar-refractivity contribution >= 4 is 22.4 Å². The topological polar surface area (TPSA) is 82.2 Å². The maximum atomic E-state index is 13.1. The van der Waals surface area contributed by atoms with E-state index in [1.807, 2.05) is 18.2 Å². The van der Waals surface area contributed by atoms with E-state index in [-0.39, 0.29) is 11.5 Å². The van der Waals surface area contributed by atoms with Crippen molar-refractivity contribution in [2.75, 3.05) is 31.1 Å². The highest BCUT2D eigenvalue weighted by atomic mass is 16.2. The van der Waals surface area contributed by atoms with Crippen molar-refractivity contribution in [3.63, 3.8) is 0 Å². The second kappa shape index (κ2) is 7.16. The Morgan fingerprint density at radius 1 is 1.00 bits per heavy atom. The van der Waals surface area contributed by atoms with Crippen LogP contribution in [-0.4, -0.2) is 46.8 Å². The molecule has 1 aliphatic rings. The Balaban J connectivity index is 1.55. The fraction of sp³-hybridized carbons (Fsp3) is 0.238. The Labute approximate surface area is 162 Å². The Hall–Kier alpha value is -3.66. The highest BCUT2D eigenvalue weighted by Crippen LogP contribution is 2.20. The fourth-order valence-electron chi connectivity index (χ4n) is 3.52. The molecule has 0 atom stereocenters. The zero-order valence-electron chi connectivity index (χ0n) is 15.5. The second-order valence-electron chi connectivity index (χ2n) is 6.76. The van der Waals surface area contributed by atoms with Gasteiger partial charge in [0.2, 0.25) is 0 Å². The summed E-state index contributed by atoms with van der Waals surface area (Å²) in [5, 5.41) is 14.2. The van der Waals surface area contributed by atoms with Gasteiger partial charge >= 0.3 is 0 Å². The monoisotopic (exact) mass is 373 g/mol. The molecule has 0 bridgehead atoms. The van der Waals surface area contributed by atoms with Crippen LogP contribution < -0.4 is 10.5 Å². The van der Waals surface area contributed by atoms with E-state index in [0.717, 1.165) is 5.69 Å². The summed E-state index contributed by atoms with van der Waals surface area (Å²) in [6, 6.07) is 16.7. The zero-order chi connectivity index (χ0) is 19.7. The molecule has 7 nitrogen and oxygen atoms in total. The number of hydrogen-bond acceptors (Lipinski definition) is 5. The van der Waals surface area contributed by atoms with E-state index < -0.39 is 0 Å². The first kappa shape index (κ1) is 17.7. The Kier molecular flexibility index (Phi) is 4.53. The van der Waals surface area contributed by atoms with Crippen LogP contribution in [0.4, 0.5) is 5.69 Å². The molecule has 2 aromatic carbocycles. The molecule has 0 saturated carbocycles. The molecule has 7 heteroatoms. The van der Waals surface area contributed by atoms with Gasteiger partial charge in [0, 0.05) is 44.3 Å². The van der Waals surface area contributed by atoms with E-state index in [2.05, 4.69) is 16.1 Å². The molecule has 0 N–H and O–H groups in total. The highest BCUT2D eigenvalue weighted by molar-refractivity contribution is 6.04. The maximum absolute atomic E-state index is 13.1. The van der Waals surface area contributed by atoms with Crippen molar-refractivity contribution in [1.29, 1.82) is 5.26 Å². The number of nitriles is 1. The molecule has 1 saturated heterocycles. The SMILES string of the molecule is Cn1nc(C(=O)N2CCN(c3ccc(C#N)cc3)CC2)c2ccccc2c1=O. The number of hydrogen-bond donors (Lipinski definition) is 0. The predicted octanol–water partition coefficient (Wildman–Crippen LogP) is 1.77. The van der Waals surface area contributed by atoms with Gasteiger partial charge in [-0.15, -0.1) is 0 Å². The number of anilines is 1. The molecule has 1 amide bonds. The summed E-state index contributed by atoms with van der Waals surface area (Å²) in [7, 11) is 1.56.